The van der Waals surface area contributed by atoms with E-state index in [0.29, 0.717) is 5.56 Å². The fourth-order valence-corrected chi connectivity index (χ4v) is 4.98. The fraction of sp³-hybridized carbons (Fsp3) is 0.667. The summed E-state index contributed by atoms with van der Waals surface area (Å²) in [6.45, 7) is 3.43. The standard InChI is InChI=1S/C16H28N2OS.C11H10F3NO3/c1-2-3-4-5-6-7-8-9-10-18-16(13-19-14-16)15-17-11-12-20-15;12-11(13,14)5-18-9-7(6-1-2-6)3-4-8(15-9)10(16)17/h11-12,18H,2-10,13-14H2,1H3;3-4,6H,1-2,5H2,(H,16,17). The van der Waals surface area contributed by atoms with Crippen LogP contribution in [0, 0.1) is 0 Å². The molecule has 0 amide bonds. The number of carbonyl (C=O) groups is 1. The van der Waals surface area contributed by atoms with Crippen LogP contribution in [0.4, 0.5) is 13.2 Å². The molecule has 212 valence electrons. The summed E-state index contributed by atoms with van der Waals surface area (Å²) in [4.78, 5) is 18.8. The smallest absolute Gasteiger partial charge is 0.422 e. The molecule has 0 aromatic carbocycles. The van der Waals surface area contributed by atoms with Gasteiger partial charge in [-0.05, 0) is 37.8 Å². The maximum Gasteiger partial charge on any atom is 0.422 e. The Labute approximate surface area is 226 Å². The average Bonchev–Trinajstić information content (AvgIpc) is 3.56. The van der Waals surface area contributed by atoms with E-state index in [1.807, 2.05) is 11.6 Å². The van der Waals surface area contributed by atoms with Gasteiger partial charge in [0.05, 0.1) is 13.2 Å². The Bertz CT molecular complexity index is 980. The second-order valence-corrected chi connectivity index (χ2v) is 10.8. The number of rotatable bonds is 15. The van der Waals surface area contributed by atoms with Crippen LogP contribution in [-0.4, -0.2) is 53.6 Å². The van der Waals surface area contributed by atoms with Crippen molar-refractivity contribution in [2.24, 2.45) is 0 Å². The van der Waals surface area contributed by atoms with E-state index in [0.717, 1.165) is 32.6 Å². The van der Waals surface area contributed by atoms with Gasteiger partial charge in [0.2, 0.25) is 5.88 Å². The normalized spacial score (nSPS) is 16.3. The number of pyridine rings is 1. The molecule has 0 atom stereocenters. The molecule has 2 N–H and O–H groups in total. The van der Waals surface area contributed by atoms with E-state index in [9.17, 15) is 18.0 Å². The van der Waals surface area contributed by atoms with Gasteiger partial charge in [-0.2, -0.15) is 13.2 Å². The molecule has 0 unspecified atom stereocenters. The molecule has 38 heavy (non-hydrogen) atoms. The summed E-state index contributed by atoms with van der Waals surface area (Å²) in [6, 6.07) is 2.75. The molecule has 11 heteroatoms. The Balaban J connectivity index is 0.000000212. The van der Waals surface area contributed by atoms with E-state index in [1.165, 1.54) is 68.5 Å². The average molecular weight is 558 g/mol. The maximum atomic E-state index is 12.1. The van der Waals surface area contributed by atoms with Crippen molar-refractivity contribution in [1.29, 1.82) is 0 Å². The summed E-state index contributed by atoms with van der Waals surface area (Å²) in [5.41, 5.74) is 0.246. The molecular formula is C27H38F3N3O4S. The Morgan fingerprint density at radius 1 is 1.16 bits per heavy atom. The van der Waals surface area contributed by atoms with Crippen LogP contribution in [0.2, 0.25) is 0 Å². The highest BCUT2D eigenvalue weighted by atomic mass is 32.1. The van der Waals surface area contributed by atoms with Gasteiger partial charge in [0.15, 0.2) is 12.3 Å². The molecule has 1 saturated carbocycles. The van der Waals surface area contributed by atoms with Gasteiger partial charge in [0, 0.05) is 17.1 Å². The van der Waals surface area contributed by atoms with Gasteiger partial charge in [0.1, 0.15) is 10.5 Å². The van der Waals surface area contributed by atoms with Gasteiger partial charge in [-0.1, -0.05) is 57.9 Å². The zero-order valence-electron chi connectivity index (χ0n) is 21.9. The molecule has 1 aliphatic heterocycles. The number of aromatic carboxylic acids is 1. The Kier molecular flexibility index (Phi) is 11.8. The molecule has 2 fully saturated rings. The molecule has 2 aromatic heterocycles. The van der Waals surface area contributed by atoms with Gasteiger partial charge in [-0.3, -0.25) is 0 Å². The van der Waals surface area contributed by atoms with Crippen LogP contribution in [0.15, 0.2) is 23.7 Å². The minimum atomic E-state index is -4.47. The van der Waals surface area contributed by atoms with E-state index >= 15 is 0 Å². The van der Waals surface area contributed by atoms with E-state index in [2.05, 4.69) is 26.9 Å². The van der Waals surface area contributed by atoms with Gasteiger partial charge in [0.25, 0.3) is 0 Å². The number of hydrogen-bond donors (Lipinski definition) is 2. The highest BCUT2D eigenvalue weighted by molar-refractivity contribution is 7.09. The summed E-state index contributed by atoms with van der Waals surface area (Å²) >= 11 is 1.73. The monoisotopic (exact) mass is 557 g/mol. The SMILES string of the molecule is CCCCCCCCCCNC1(c2nccs2)COC1.O=C(O)c1ccc(C2CC2)c(OCC(F)(F)F)n1. The van der Waals surface area contributed by atoms with Gasteiger partial charge in [-0.25, -0.2) is 14.8 Å². The van der Waals surface area contributed by atoms with Crippen molar-refractivity contribution in [3.8, 4) is 5.88 Å². The first-order valence-electron chi connectivity index (χ1n) is 13.4. The number of carboxylic acid groups (broad SMARTS) is 1. The van der Waals surface area contributed by atoms with Crippen LogP contribution in [0.1, 0.15) is 98.1 Å². The maximum absolute atomic E-state index is 12.1. The lowest BCUT2D eigenvalue weighted by molar-refractivity contribution is -0.154. The molecule has 0 spiro atoms. The lowest BCUT2D eigenvalue weighted by atomic mass is 9.98. The van der Waals surface area contributed by atoms with Crippen molar-refractivity contribution >= 4 is 17.3 Å². The van der Waals surface area contributed by atoms with Gasteiger partial charge < -0.3 is 19.9 Å². The Morgan fingerprint density at radius 2 is 1.84 bits per heavy atom. The lowest BCUT2D eigenvalue weighted by Gasteiger charge is -2.40. The first-order chi connectivity index (χ1) is 18.2. The molecule has 0 bridgehead atoms. The number of nitrogens with one attached hydrogen (secondary N) is 1. The summed E-state index contributed by atoms with van der Waals surface area (Å²) in [7, 11) is 0. The largest absolute Gasteiger partial charge is 0.477 e. The summed E-state index contributed by atoms with van der Waals surface area (Å²) in [5.74, 6) is -1.40. The first kappa shape index (κ1) is 30.3. The second-order valence-electron chi connectivity index (χ2n) is 9.89. The lowest BCUT2D eigenvalue weighted by Crippen LogP contribution is -2.57. The molecule has 4 rings (SSSR count). The third-order valence-corrected chi connectivity index (χ3v) is 7.51. The number of halogens is 3. The predicted molar refractivity (Wildman–Crippen MR) is 140 cm³/mol. The second kappa shape index (κ2) is 14.8. The number of hydrogen-bond acceptors (Lipinski definition) is 7. The van der Waals surface area contributed by atoms with Crippen molar-refractivity contribution in [2.75, 3.05) is 26.4 Å². The van der Waals surface area contributed by atoms with Gasteiger partial charge >= 0.3 is 12.1 Å². The molecular weight excluding hydrogens is 519 g/mol. The van der Waals surface area contributed by atoms with Crippen molar-refractivity contribution < 1.29 is 32.5 Å². The zero-order chi connectivity index (χ0) is 27.4. The number of unbranched alkanes of at least 4 members (excludes halogenated alkanes) is 7. The first-order valence-corrected chi connectivity index (χ1v) is 14.3. The highest BCUT2D eigenvalue weighted by Gasteiger charge is 2.42. The van der Waals surface area contributed by atoms with Gasteiger partial charge in [-0.15, -0.1) is 11.3 Å². The minimum Gasteiger partial charge on any atom is -0.477 e. The zero-order valence-corrected chi connectivity index (χ0v) is 22.7. The molecule has 7 nitrogen and oxygen atoms in total. The molecule has 1 saturated heterocycles. The number of alkyl halides is 3. The van der Waals surface area contributed by atoms with Crippen LogP contribution >= 0.6 is 11.3 Å². The third kappa shape index (κ3) is 9.81. The highest BCUT2D eigenvalue weighted by Crippen LogP contribution is 2.43. The van der Waals surface area contributed by atoms with E-state index in [4.69, 9.17) is 9.84 Å². The summed E-state index contributed by atoms with van der Waals surface area (Å²) < 4.78 is 46.2. The molecule has 0 radical (unpaired) electrons. The molecule has 3 heterocycles. The molecule has 2 aromatic rings. The Hall–Kier alpha value is -2.24. The van der Waals surface area contributed by atoms with E-state index in [1.54, 1.807) is 11.3 Å². The van der Waals surface area contributed by atoms with Crippen molar-refractivity contribution in [3.63, 3.8) is 0 Å². The summed E-state index contributed by atoms with van der Waals surface area (Å²) in [5, 5.41) is 15.6. The number of thiazole rings is 1. The molecule has 2 aliphatic rings. The number of ether oxygens (including phenoxy) is 2. The van der Waals surface area contributed by atoms with Crippen LogP contribution in [0.3, 0.4) is 0 Å². The van der Waals surface area contributed by atoms with Crippen molar-refractivity contribution in [2.45, 2.75) is 88.8 Å². The summed E-state index contributed by atoms with van der Waals surface area (Å²) in [6.07, 6.45) is 10.1. The Morgan fingerprint density at radius 3 is 2.37 bits per heavy atom. The van der Waals surface area contributed by atoms with Crippen LogP contribution < -0.4 is 10.1 Å². The third-order valence-electron chi connectivity index (χ3n) is 6.53. The number of carboxylic acids is 1. The van der Waals surface area contributed by atoms with Crippen LogP contribution in [0.5, 0.6) is 5.88 Å². The van der Waals surface area contributed by atoms with Crippen LogP contribution in [-0.2, 0) is 10.3 Å². The number of aromatic nitrogens is 2. The van der Waals surface area contributed by atoms with E-state index < -0.39 is 18.8 Å². The quantitative estimate of drug-likeness (QED) is 0.236. The van der Waals surface area contributed by atoms with Crippen LogP contribution in [0.25, 0.3) is 0 Å². The minimum absolute atomic E-state index is 0.0231. The topological polar surface area (TPSA) is 93.6 Å². The molecule has 1 aliphatic carbocycles. The van der Waals surface area contributed by atoms with Crippen molar-refractivity contribution in [1.82, 2.24) is 15.3 Å². The number of nitrogens with zero attached hydrogens (tertiary/aromatic N) is 2. The van der Waals surface area contributed by atoms with Crippen molar-refractivity contribution in [3.05, 3.63) is 40.0 Å². The predicted octanol–water partition coefficient (Wildman–Crippen LogP) is 6.70. The van der Waals surface area contributed by atoms with E-state index in [-0.39, 0.29) is 23.0 Å². The fourth-order valence-electron chi connectivity index (χ4n) is 4.19.